The van der Waals surface area contributed by atoms with Crippen LogP contribution in [0.15, 0.2) is 29.3 Å². The molecule has 0 bridgehead atoms. The second kappa shape index (κ2) is 7.14. The molecule has 0 unspecified atom stereocenters. The maximum atomic E-state index is 5.62. The van der Waals surface area contributed by atoms with Crippen LogP contribution in [0.1, 0.15) is 19.4 Å². The maximum Gasteiger partial charge on any atom is 0.162 e. The highest BCUT2D eigenvalue weighted by Crippen LogP contribution is 2.33. The Balaban J connectivity index is 2.17. The van der Waals surface area contributed by atoms with Crippen LogP contribution in [0, 0.1) is 0 Å². The number of rotatable bonds is 7. The van der Waals surface area contributed by atoms with Crippen LogP contribution < -0.4 is 14.9 Å². The van der Waals surface area contributed by atoms with E-state index in [4.69, 9.17) is 9.47 Å². The summed E-state index contributed by atoms with van der Waals surface area (Å²) in [4.78, 5) is 0. The molecule has 0 fully saturated rings. The van der Waals surface area contributed by atoms with E-state index in [0.29, 0.717) is 19.8 Å². The molecule has 0 aliphatic rings. The van der Waals surface area contributed by atoms with Gasteiger partial charge in [-0.2, -0.15) is 0 Å². The zero-order valence-electron chi connectivity index (χ0n) is 11.5. The summed E-state index contributed by atoms with van der Waals surface area (Å²) in [5.41, 5.74) is 4.23. The maximum absolute atomic E-state index is 5.62. The average Bonchev–Trinajstić information content (AvgIpc) is 2.94. The van der Waals surface area contributed by atoms with Gasteiger partial charge in [0.1, 0.15) is 12.7 Å². The summed E-state index contributed by atoms with van der Waals surface area (Å²) in [7, 11) is 0. The fourth-order valence-corrected chi connectivity index (χ4v) is 2.17. The van der Waals surface area contributed by atoms with E-state index in [-0.39, 0.29) is 0 Å². The highest BCUT2D eigenvalue weighted by Gasteiger charge is 2.10. The molecule has 2 rings (SSSR count). The van der Waals surface area contributed by atoms with Crippen LogP contribution in [0.3, 0.4) is 0 Å². The smallest absolute Gasteiger partial charge is 0.162 e. The molecule has 7 heteroatoms. The van der Waals surface area contributed by atoms with Crippen molar-refractivity contribution in [3.05, 3.63) is 34.8 Å². The Morgan fingerprint density at radius 1 is 1.10 bits per heavy atom. The van der Waals surface area contributed by atoms with Crippen LogP contribution in [0.25, 0.3) is 0 Å². The molecule has 2 aromatic rings. The zero-order valence-corrected chi connectivity index (χ0v) is 13.1. The van der Waals surface area contributed by atoms with Gasteiger partial charge in [0.2, 0.25) is 0 Å². The number of hydrogen-bond donors (Lipinski definition) is 1. The predicted molar refractivity (Wildman–Crippen MR) is 79.6 cm³/mol. The SMILES string of the molecule is CCOc1cc(Br)c(CNn2cnnc2)cc1OCC. The first-order valence-electron chi connectivity index (χ1n) is 6.41. The largest absolute Gasteiger partial charge is 0.490 e. The van der Waals surface area contributed by atoms with Gasteiger partial charge in [0, 0.05) is 4.47 Å². The number of aromatic nitrogens is 3. The van der Waals surface area contributed by atoms with Gasteiger partial charge in [0.25, 0.3) is 0 Å². The third-order valence-corrected chi connectivity index (χ3v) is 3.32. The van der Waals surface area contributed by atoms with Gasteiger partial charge in [-0.05, 0) is 31.5 Å². The molecule has 1 aromatic carbocycles. The highest BCUT2D eigenvalue weighted by atomic mass is 79.9. The van der Waals surface area contributed by atoms with Crippen molar-refractivity contribution in [1.29, 1.82) is 0 Å². The number of halogens is 1. The molecular weight excluding hydrogens is 324 g/mol. The van der Waals surface area contributed by atoms with E-state index in [1.165, 1.54) is 0 Å². The first-order chi connectivity index (χ1) is 9.74. The number of ether oxygens (including phenoxy) is 2. The minimum absolute atomic E-state index is 0.597. The van der Waals surface area contributed by atoms with Crippen molar-refractivity contribution in [1.82, 2.24) is 14.9 Å². The van der Waals surface area contributed by atoms with Crippen molar-refractivity contribution < 1.29 is 9.47 Å². The lowest BCUT2D eigenvalue weighted by Gasteiger charge is -2.15. The van der Waals surface area contributed by atoms with Crippen molar-refractivity contribution in [2.75, 3.05) is 18.6 Å². The standard InChI is InChI=1S/C13H17BrN4O2/c1-3-19-12-5-10(7-17-18-8-15-16-9-18)11(14)6-13(12)20-4-2/h5-6,8-9,17H,3-4,7H2,1-2H3. The molecule has 0 spiro atoms. The topological polar surface area (TPSA) is 61.2 Å². The Bertz CT molecular complexity index is 546. The Morgan fingerprint density at radius 2 is 1.70 bits per heavy atom. The van der Waals surface area contributed by atoms with Crippen LogP contribution >= 0.6 is 15.9 Å². The lowest BCUT2D eigenvalue weighted by Crippen LogP contribution is -2.12. The third kappa shape index (κ3) is 3.63. The Kier molecular flexibility index (Phi) is 5.23. The van der Waals surface area contributed by atoms with E-state index in [1.54, 1.807) is 17.3 Å². The fraction of sp³-hybridized carbons (Fsp3) is 0.385. The number of benzene rings is 1. The van der Waals surface area contributed by atoms with Crippen molar-refractivity contribution in [2.45, 2.75) is 20.4 Å². The second-order valence-electron chi connectivity index (χ2n) is 3.96. The molecule has 1 aromatic heterocycles. The average molecular weight is 341 g/mol. The van der Waals surface area contributed by atoms with Gasteiger partial charge >= 0.3 is 0 Å². The summed E-state index contributed by atoms with van der Waals surface area (Å²) in [6, 6.07) is 3.90. The molecule has 0 atom stereocenters. The van der Waals surface area contributed by atoms with Gasteiger partial charge in [-0.3, -0.25) is 0 Å². The second-order valence-corrected chi connectivity index (χ2v) is 4.81. The lowest BCUT2D eigenvalue weighted by atomic mass is 10.2. The van der Waals surface area contributed by atoms with Crippen molar-refractivity contribution in [2.24, 2.45) is 0 Å². The Morgan fingerprint density at radius 3 is 2.30 bits per heavy atom. The van der Waals surface area contributed by atoms with E-state index in [0.717, 1.165) is 21.5 Å². The van der Waals surface area contributed by atoms with Crippen molar-refractivity contribution >= 4 is 15.9 Å². The number of hydrogen-bond acceptors (Lipinski definition) is 5. The highest BCUT2D eigenvalue weighted by molar-refractivity contribution is 9.10. The molecule has 108 valence electrons. The normalized spacial score (nSPS) is 10.3. The van der Waals surface area contributed by atoms with Crippen LogP contribution in [-0.4, -0.2) is 28.1 Å². The Hall–Kier alpha value is -1.76. The molecule has 1 N–H and O–H groups in total. The monoisotopic (exact) mass is 340 g/mol. The van der Waals surface area contributed by atoms with E-state index in [9.17, 15) is 0 Å². The third-order valence-electron chi connectivity index (χ3n) is 2.58. The quantitative estimate of drug-likeness (QED) is 0.839. The Labute approximate surface area is 126 Å². The van der Waals surface area contributed by atoms with E-state index in [1.807, 2.05) is 26.0 Å². The van der Waals surface area contributed by atoms with Gasteiger partial charge in [0.15, 0.2) is 11.5 Å². The molecule has 0 aliphatic heterocycles. The summed E-state index contributed by atoms with van der Waals surface area (Å²) in [6.45, 7) is 5.72. The molecule has 0 saturated heterocycles. The predicted octanol–water partition coefficient (Wildman–Crippen LogP) is 2.58. The molecule has 20 heavy (non-hydrogen) atoms. The van der Waals surface area contributed by atoms with E-state index in [2.05, 4.69) is 31.6 Å². The first-order valence-corrected chi connectivity index (χ1v) is 7.20. The summed E-state index contributed by atoms with van der Waals surface area (Å²) >= 11 is 3.55. The number of nitrogens with zero attached hydrogens (tertiary/aromatic N) is 3. The van der Waals surface area contributed by atoms with Crippen LogP contribution in [-0.2, 0) is 6.54 Å². The molecule has 0 radical (unpaired) electrons. The van der Waals surface area contributed by atoms with Gasteiger partial charge < -0.3 is 14.9 Å². The molecule has 0 amide bonds. The lowest BCUT2D eigenvalue weighted by molar-refractivity contribution is 0.287. The molecular formula is C13H17BrN4O2. The first kappa shape index (κ1) is 14.6. The molecule has 6 nitrogen and oxygen atoms in total. The molecule has 1 heterocycles. The minimum atomic E-state index is 0.597. The minimum Gasteiger partial charge on any atom is -0.490 e. The van der Waals surface area contributed by atoms with Crippen LogP contribution in [0.2, 0.25) is 0 Å². The zero-order chi connectivity index (χ0) is 14.4. The van der Waals surface area contributed by atoms with Crippen molar-refractivity contribution in [3.8, 4) is 11.5 Å². The van der Waals surface area contributed by atoms with E-state index < -0.39 is 0 Å². The van der Waals surface area contributed by atoms with E-state index >= 15 is 0 Å². The summed E-state index contributed by atoms with van der Waals surface area (Å²) in [5.74, 6) is 1.49. The summed E-state index contributed by atoms with van der Waals surface area (Å²) < 4.78 is 13.9. The fourth-order valence-electron chi connectivity index (χ4n) is 1.71. The van der Waals surface area contributed by atoms with Crippen LogP contribution in [0.5, 0.6) is 11.5 Å². The van der Waals surface area contributed by atoms with Gasteiger partial charge in [-0.1, -0.05) is 15.9 Å². The van der Waals surface area contributed by atoms with Gasteiger partial charge in [0.05, 0.1) is 19.8 Å². The summed E-state index contributed by atoms with van der Waals surface area (Å²) in [6.07, 6.45) is 3.21. The summed E-state index contributed by atoms with van der Waals surface area (Å²) in [5, 5.41) is 7.47. The molecule has 0 saturated carbocycles. The number of nitrogens with one attached hydrogen (secondary N) is 1. The van der Waals surface area contributed by atoms with Gasteiger partial charge in [-0.15, -0.1) is 10.2 Å². The van der Waals surface area contributed by atoms with Crippen LogP contribution in [0.4, 0.5) is 0 Å². The van der Waals surface area contributed by atoms with Gasteiger partial charge in [-0.25, -0.2) is 4.68 Å². The van der Waals surface area contributed by atoms with Crippen molar-refractivity contribution in [3.63, 3.8) is 0 Å². The molecule has 0 aliphatic carbocycles.